The third-order valence-electron chi connectivity index (χ3n) is 3.69. The van der Waals surface area contributed by atoms with Gasteiger partial charge in [0.15, 0.2) is 0 Å². The molecule has 1 amide bonds. The Hall–Kier alpha value is -2.47. The number of hydrogen-bond donors (Lipinski definition) is 2. The van der Waals surface area contributed by atoms with Crippen LogP contribution in [-0.2, 0) is 6.54 Å². The standard InChI is InChI=1S/C18H17BrN2O3/c1-23-14-5-11(6-15(9-14)24-2)10-20-18(22)17-7-12-3-4-13(19)8-16(12)21-17/h3-9,21H,10H2,1-2H3,(H,20,22). The maximum Gasteiger partial charge on any atom is 0.267 e. The topological polar surface area (TPSA) is 63.3 Å². The maximum atomic E-state index is 12.4. The highest BCUT2D eigenvalue weighted by atomic mass is 79.9. The van der Waals surface area contributed by atoms with E-state index in [9.17, 15) is 4.79 Å². The predicted molar refractivity (Wildman–Crippen MR) is 96.7 cm³/mol. The summed E-state index contributed by atoms with van der Waals surface area (Å²) < 4.78 is 11.4. The molecule has 2 N–H and O–H groups in total. The van der Waals surface area contributed by atoms with Crippen LogP contribution in [0.3, 0.4) is 0 Å². The number of aromatic amines is 1. The van der Waals surface area contributed by atoms with E-state index in [0.29, 0.717) is 23.7 Å². The number of rotatable bonds is 5. The van der Waals surface area contributed by atoms with Gasteiger partial charge in [-0.2, -0.15) is 0 Å². The largest absolute Gasteiger partial charge is 0.497 e. The van der Waals surface area contributed by atoms with Crippen molar-refractivity contribution in [2.24, 2.45) is 0 Å². The summed E-state index contributed by atoms with van der Waals surface area (Å²) in [6, 6.07) is 13.2. The summed E-state index contributed by atoms with van der Waals surface area (Å²) in [5.41, 5.74) is 2.34. The fourth-order valence-corrected chi connectivity index (χ4v) is 2.83. The van der Waals surface area contributed by atoms with Crippen molar-refractivity contribution in [3.05, 3.63) is 58.2 Å². The minimum atomic E-state index is -0.163. The number of halogens is 1. The molecular formula is C18H17BrN2O3. The van der Waals surface area contributed by atoms with Gasteiger partial charge >= 0.3 is 0 Å². The lowest BCUT2D eigenvalue weighted by molar-refractivity contribution is 0.0946. The van der Waals surface area contributed by atoms with Gasteiger partial charge in [-0.1, -0.05) is 22.0 Å². The monoisotopic (exact) mass is 388 g/mol. The predicted octanol–water partition coefficient (Wildman–Crippen LogP) is 3.88. The first-order valence-corrected chi connectivity index (χ1v) is 8.17. The van der Waals surface area contributed by atoms with Crippen LogP contribution < -0.4 is 14.8 Å². The van der Waals surface area contributed by atoms with Crippen molar-refractivity contribution < 1.29 is 14.3 Å². The fraction of sp³-hybridized carbons (Fsp3) is 0.167. The van der Waals surface area contributed by atoms with E-state index < -0.39 is 0 Å². The third-order valence-corrected chi connectivity index (χ3v) is 4.19. The van der Waals surface area contributed by atoms with Crippen LogP contribution in [0.4, 0.5) is 0 Å². The molecule has 1 aromatic heterocycles. The Balaban J connectivity index is 1.74. The molecule has 0 spiro atoms. The van der Waals surface area contributed by atoms with Crippen LogP contribution in [0.5, 0.6) is 11.5 Å². The van der Waals surface area contributed by atoms with E-state index in [0.717, 1.165) is 20.9 Å². The minimum Gasteiger partial charge on any atom is -0.497 e. The van der Waals surface area contributed by atoms with E-state index in [2.05, 4.69) is 26.2 Å². The molecule has 0 atom stereocenters. The molecule has 0 bridgehead atoms. The van der Waals surface area contributed by atoms with E-state index in [-0.39, 0.29) is 5.91 Å². The number of carbonyl (C=O) groups excluding carboxylic acids is 1. The lowest BCUT2D eigenvalue weighted by atomic mass is 10.2. The average molecular weight is 389 g/mol. The first kappa shape index (κ1) is 16.4. The van der Waals surface area contributed by atoms with Crippen LogP contribution in [0.25, 0.3) is 10.9 Å². The Morgan fingerprint density at radius 2 is 1.79 bits per heavy atom. The van der Waals surface area contributed by atoms with Gasteiger partial charge in [0, 0.05) is 28.0 Å². The number of carbonyl (C=O) groups is 1. The second-order valence-electron chi connectivity index (χ2n) is 5.32. The summed E-state index contributed by atoms with van der Waals surface area (Å²) in [7, 11) is 3.19. The summed E-state index contributed by atoms with van der Waals surface area (Å²) in [6.45, 7) is 0.380. The van der Waals surface area contributed by atoms with Gasteiger partial charge in [0.1, 0.15) is 17.2 Å². The highest BCUT2D eigenvalue weighted by Crippen LogP contribution is 2.23. The Morgan fingerprint density at radius 1 is 1.08 bits per heavy atom. The van der Waals surface area contributed by atoms with Crippen molar-refractivity contribution in [1.29, 1.82) is 0 Å². The quantitative estimate of drug-likeness (QED) is 0.696. The Kier molecular flexibility index (Phi) is 4.76. The Labute approximate surface area is 148 Å². The number of benzene rings is 2. The summed E-state index contributed by atoms with van der Waals surface area (Å²) in [4.78, 5) is 15.5. The third kappa shape index (κ3) is 3.54. The highest BCUT2D eigenvalue weighted by molar-refractivity contribution is 9.10. The van der Waals surface area contributed by atoms with Gasteiger partial charge in [-0.05, 0) is 35.9 Å². The molecule has 0 saturated carbocycles. The molecular weight excluding hydrogens is 372 g/mol. The van der Waals surface area contributed by atoms with Gasteiger partial charge < -0.3 is 19.8 Å². The van der Waals surface area contributed by atoms with Gasteiger partial charge in [-0.25, -0.2) is 0 Å². The molecule has 0 aliphatic heterocycles. The van der Waals surface area contributed by atoms with Crippen LogP contribution in [-0.4, -0.2) is 25.1 Å². The van der Waals surface area contributed by atoms with Gasteiger partial charge in [-0.3, -0.25) is 4.79 Å². The van der Waals surface area contributed by atoms with Crippen molar-refractivity contribution in [3.8, 4) is 11.5 Å². The average Bonchev–Trinajstić information content (AvgIpc) is 3.02. The molecule has 0 radical (unpaired) electrons. The molecule has 1 heterocycles. The van der Waals surface area contributed by atoms with Crippen molar-refractivity contribution in [2.45, 2.75) is 6.54 Å². The summed E-state index contributed by atoms with van der Waals surface area (Å²) in [5, 5.41) is 3.89. The fourth-order valence-electron chi connectivity index (χ4n) is 2.47. The first-order valence-electron chi connectivity index (χ1n) is 7.37. The minimum absolute atomic E-state index is 0.163. The molecule has 2 aromatic carbocycles. The van der Waals surface area contributed by atoms with E-state index in [4.69, 9.17) is 9.47 Å². The normalized spacial score (nSPS) is 10.6. The zero-order valence-electron chi connectivity index (χ0n) is 13.4. The zero-order chi connectivity index (χ0) is 17.1. The molecule has 0 fully saturated rings. The zero-order valence-corrected chi connectivity index (χ0v) is 14.9. The molecule has 24 heavy (non-hydrogen) atoms. The number of H-pyrrole nitrogens is 1. The van der Waals surface area contributed by atoms with E-state index in [1.165, 1.54) is 0 Å². The van der Waals surface area contributed by atoms with Gasteiger partial charge in [0.05, 0.1) is 14.2 Å². The smallest absolute Gasteiger partial charge is 0.267 e. The molecule has 0 saturated heterocycles. The Bertz CT molecular complexity index is 867. The summed E-state index contributed by atoms with van der Waals surface area (Å²) in [5.74, 6) is 1.22. The summed E-state index contributed by atoms with van der Waals surface area (Å²) >= 11 is 3.42. The Morgan fingerprint density at radius 3 is 2.46 bits per heavy atom. The van der Waals surface area contributed by atoms with Gasteiger partial charge in [-0.15, -0.1) is 0 Å². The van der Waals surface area contributed by atoms with Crippen molar-refractivity contribution in [2.75, 3.05) is 14.2 Å². The number of hydrogen-bond acceptors (Lipinski definition) is 3. The lowest BCUT2D eigenvalue weighted by Crippen LogP contribution is -2.23. The lowest BCUT2D eigenvalue weighted by Gasteiger charge is -2.09. The highest BCUT2D eigenvalue weighted by Gasteiger charge is 2.10. The van der Waals surface area contributed by atoms with E-state index in [1.807, 2.05) is 36.4 Å². The SMILES string of the molecule is COc1cc(CNC(=O)c2cc3ccc(Br)cc3[nH]2)cc(OC)c1. The van der Waals surface area contributed by atoms with Crippen LogP contribution >= 0.6 is 15.9 Å². The van der Waals surface area contributed by atoms with E-state index in [1.54, 1.807) is 20.3 Å². The van der Waals surface area contributed by atoms with Gasteiger partial charge in [0.25, 0.3) is 5.91 Å². The molecule has 0 aliphatic rings. The van der Waals surface area contributed by atoms with Crippen LogP contribution in [0.2, 0.25) is 0 Å². The van der Waals surface area contributed by atoms with Crippen LogP contribution in [0.1, 0.15) is 16.1 Å². The molecule has 3 aromatic rings. The maximum absolute atomic E-state index is 12.4. The molecule has 5 nitrogen and oxygen atoms in total. The van der Waals surface area contributed by atoms with Crippen LogP contribution in [0.15, 0.2) is 46.9 Å². The summed E-state index contributed by atoms with van der Waals surface area (Å²) in [6.07, 6.45) is 0. The molecule has 6 heteroatoms. The number of aromatic nitrogens is 1. The number of nitrogens with one attached hydrogen (secondary N) is 2. The number of fused-ring (bicyclic) bond motifs is 1. The van der Waals surface area contributed by atoms with Gasteiger partial charge in [0.2, 0.25) is 0 Å². The first-order chi connectivity index (χ1) is 11.6. The molecule has 0 aliphatic carbocycles. The van der Waals surface area contributed by atoms with Crippen LogP contribution in [0, 0.1) is 0 Å². The van der Waals surface area contributed by atoms with Crippen molar-refractivity contribution >= 4 is 32.7 Å². The molecule has 124 valence electrons. The number of amides is 1. The molecule has 3 rings (SSSR count). The molecule has 0 unspecified atom stereocenters. The van der Waals surface area contributed by atoms with Crippen molar-refractivity contribution in [3.63, 3.8) is 0 Å². The second-order valence-corrected chi connectivity index (χ2v) is 6.23. The number of methoxy groups -OCH3 is 2. The second kappa shape index (κ2) is 6.97. The number of ether oxygens (including phenoxy) is 2. The van der Waals surface area contributed by atoms with Crippen molar-refractivity contribution in [1.82, 2.24) is 10.3 Å². The van der Waals surface area contributed by atoms with E-state index >= 15 is 0 Å².